The third-order valence-electron chi connectivity index (χ3n) is 2.22. The second-order valence-corrected chi connectivity index (χ2v) is 5.55. The van der Waals surface area contributed by atoms with Crippen molar-refractivity contribution in [3.8, 4) is 0 Å². The predicted octanol–water partition coefficient (Wildman–Crippen LogP) is 2.22. The summed E-state index contributed by atoms with van der Waals surface area (Å²) in [5.41, 5.74) is 0.529. The number of nitrogens with zero attached hydrogens (tertiary/aromatic N) is 4. The molecule has 5 nitrogen and oxygen atoms in total. The summed E-state index contributed by atoms with van der Waals surface area (Å²) in [5, 5.41) is 9.46. The number of hydrogen-bond donors (Lipinski definition) is 0. The molecule has 0 saturated carbocycles. The van der Waals surface area contributed by atoms with E-state index in [2.05, 4.69) is 10.2 Å². The summed E-state index contributed by atoms with van der Waals surface area (Å²) in [4.78, 5) is 13.0. The number of thioether (sulfide) groups is 1. The summed E-state index contributed by atoms with van der Waals surface area (Å²) in [7, 11) is 3.41. The molecule has 2 heterocycles. The van der Waals surface area contributed by atoms with Gasteiger partial charge in [0.15, 0.2) is 10.8 Å². The average molecular weight is 305 g/mol. The van der Waals surface area contributed by atoms with E-state index >= 15 is 0 Å². The number of carbonyl (C=O) groups excluding carboxylic acids is 1. The maximum atomic E-state index is 11.5. The van der Waals surface area contributed by atoms with Gasteiger partial charge in [-0.15, -0.1) is 10.2 Å². The molecule has 2 aromatic heterocycles. The quantitative estimate of drug-likeness (QED) is 0.816. The van der Waals surface area contributed by atoms with Crippen molar-refractivity contribution in [2.75, 3.05) is 19.8 Å². The number of hydrogen-bond acceptors (Lipinski definition) is 4. The van der Waals surface area contributed by atoms with Gasteiger partial charge >= 0.3 is 0 Å². The van der Waals surface area contributed by atoms with Gasteiger partial charge in [-0.3, -0.25) is 9.20 Å². The summed E-state index contributed by atoms with van der Waals surface area (Å²) in [6.07, 6.45) is 1.67. The molecule has 8 heteroatoms. The van der Waals surface area contributed by atoms with E-state index in [1.165, 1.54) is 16.7 Å². The van der Waals surface area contributed by atoms with Crippen LogP contribution < -0.4 is 0 Å². The highest BCUT2D eigenvalue weighted by molar-refractivity contribution is 7.99. The summed E-state index contributed by atoms with van der Waals surface area (Å²) in [5.74, 6) is 0.294. The van der Waals surface area contributed by atoms with Crippen molar-refractivity contribution in [1.82, 2.24) is 19.5 Å². The predicted molar refractivity (Wildman–Crippen MR) is 72.4 cm³/mol. The van der Waals surface area contributed by atoms with Gasteiger partial charge in [-0.05, 0) is 6.07 Å². The number of carbonyl (C=O) groups is 1. The summed E-state index contributed by atoms with van der Waals surface area (Å²) in [6, 6.07) is 1.60. The second-order valence-electron chi connectivity index (χ2n) is 3.76. The second kappa shape index (κ2) is 5.34. The molecule has 0 N–H and O–H groups in total. The maximum absolute atomic E-state index is 11.5. The molecule has 0 saturated heterocycles. The Morgan fingerprint density at radius 2 is 2.17 bits per heavy atom. The monoisotopic (exact) mass is 304 g/mol. The van der Waals surface area contributed by atoms with E-state index in [1.54, 1.807) is 30.8 Å². The van der Waals surface area contributed by atoms with Crippen LogP contribution in [0.3, 0.4) is 0 Å². The first kappa shape index (κ1) is 13.5. The van der Waals surface area contributed by atoms with Crippen LogP contribution in [0, 0.1) is 0 Å². The first-order valence-corrected chi connectivity index (χ1v) is 6.76. The molecular formula is C10H10Cl2N4OS. The van der Waals surface area contributed by atoms with E-state index < -0.39 is 0 Å². The Balaban J connectivity index is 2.27. The number of halogens is 2. The zero-order valence-corrected chi connectivity index (χ0v) is 12.1. The molecule has 0 aliphatic carbocycles. The van der Waals surface area contributed by atoms with Crippen molar-refractivity contribution in [2.45, 2.75) is 5.16 Å². The number of aromatic nitrogens is 3. The fourth-order valence-corrected chi connectivity index (χ4v) is 2.65. The third-order valence-corrected chi connectivity index (χ3v) is 3.63. The van der Waals surface area contributed by atoms with E-state index in [9.17, 15) is 4.79 Å². The van der Waals surface area contributed by atoms with E-state index in [-0.39, 0.29) is 11.7 Å². The Morgan fingerprint density at radius 3 is 2.83 bits per heavy atom. The van der Waals surface area contributed by atoms with Crippen LogP contribution in [0.15, 0.2) is 17.4 Å². The molecule has 0 spiro atoms. The average Bonchev–Trinajstić information content (AvgIpc) is 2.69. The molecule has 0 fully saturated rings. The van der Waals surface area contributed by atoms with Gasteiger partial charge in [0.05, 0.1) is 15.8 Å². The first-order chi connectivity index (χ1) is 8.49. The van der Waals surface area contributed by atoms with Crippen LogP contribution in [0.2, 0.25) is 10.0 Å². The maximum Gasteiger partial charge on any atom is 0.232 e. The molecule has 2 rings (SSSR count). The number of amides is 1. The van der Waals surface area contributed by atoms with Gasteiger partial charge < -0.3 is 4.90 Å². The smallest absolute Gasteiger partial charge is 0.232 e. The zero-order valence-electron chi connectivity index (χ0n) is 9.72. The van der Waals surface area contributed by atoms with E-state index in [0.717, 1.165) is 0 Å². The Labute approximate surface area is 118 Å². The van der Waals surface area contributed by atoms with Crippen LogP contribution in [0.4, 0.5) is 0 Å². The normalized spacial score (nSPS) is 10.9. The Bertz CT molecular complexity index is 599. The van der Waals surface area contributed by atoms with Crippen LogP contribution in [0.1, 0.15) is 0 Å². The molecular weight excluding hydrogens is 295 g/mol. The topological polar surface area (TPSA) is 50.5 Å². The lowest BCUT2D eigenvalue weighted by Gasteiger charge is -2.08. The molecule has 96 valence electrons. The highest BCUT2D eigenvalue weighted by Gasteiger charge is 2.12. The molecule has 18 heavy (non-hydrogen) atoms. The Morgan fingerprint density at radius 1 is 1.44 bits per heavy atom. The lowest BCUT2D eigenvalue weighted by atomic mass is 10.5. The van der Waals surface area contributed by atoms with Gasteiger partial charge in [-0.1, -0.05) is 35.0 Å². The minimum absolute atomic E-state index is 0.00451. The summed E-state index contributed by atoms with van der Waals surface area (Å²) in [6.45, 7) is 0. The van der Waals surface area contributed by atoms with Crippen molar-refractivity contribution in [3.63, 3.8) is 0 Å². The highest BCUT2D eigenvalue weighted by atomic mass is 35.5. The van der Waals surface area contributed by atoms with Gasteiger partial charge in [0.2, 0.25) is 5.91 Å². The molecule has 0 radical (unpaired) electrons. The van der Waals surface area contributed by atoms with Crippen LogP contribution >= 0.6 is 35.0 Å². The standard InChI is InChI=1S/C10H10Cl2N4OS/c1-15(2)8(17)5-18-10-14-13-9-7(12)3-6(11)4-16(9)10/h3-4H,5H2,1-2H3. The SMILES string of the molecule is CN(C)C(=O)CSc1nnc2c(Cl)cc(Cl)cn12. The summed E-state index contributed by atoms with van der Waals surface area (Å²) >= 11 is 13.2. The lowest BCUT2D eigenvalue weighted by Crippen LogP contribution is -2.23. The molecule has 0 unspecified atom stereocenters. The van der Waals surface area contributed by atoms with Crippen LogP contribution in [-0.4, -0.2) is 45.3 Å². The van der Waals surface area contributed by atoms with Gasteiger partial charge in [0.1, 0.15) is 0 Å². The lowest BCUT2D eigenvalue weighted by molar-refractivity contribution is -0.125. The van der Waals surface area contributed by atoms with Crippen LogP contribution in [0.5, 0.6) is 0 Å². The van der Waals surface area contributed by atoms with Gasteiger partial charge in [-0.25, -0.2) is 0 Å². The molecule has 1 amide bonds. The van der Waals surface area contributed by atoms with Gasteiger partial charge in [0, 0.05) is 20.3 Å². The molecule has 0 aliphatic rings. The minimum Gasteiger partial charge on any atom is -0.348 e. The van der Waals surface area contributed by atoms with E-state index in [4.69, 9.17) is 23.2 Å². The fourth-order valence-electron chi connectivity index (χ4n) is 1.26. The molecule has 2 aromatic rings. The number of fused-ring (bicyclic) bond motifs is 1. The van der Waals surface area contributed by atoms with Crippen molar-refractivity contribution >= 4 is 46.5 Å². The molecule has 0 bridgehead atoms. The van der Waals surface area contributed by atoms with Crippen molar-refractivity contribution in [1.29, 1.82) is 0 Å². The largest absolute Gasteiger partial charge is 0.348 e. The summed E-state index contributed by atoms with van der Waals surface area (Å²) < 4.78 is 1.68. The van der Waals surface area contributed by atoms with E-state index in [0.29, 0.717) is 20.8 Å². The fraction of sp³-hybridized carbons (Fsp3) is 0.300. The molecule has 0 aliphatic heterocycles. The van der Waals surface area contributed by atoms with Crippen molar-refractivity contribution in [3.05, 3.63) is 22.3 Å². The van der Waals surface area contributed by atoms with Crippen LogP contribution in [-0.2, 0) is 4.79 Å². The minimum atomic E-state index is 0.00451. The zero-order chi connectivity index (χ0) is 13.3. The van der Waals surface area contributed by atoms with Gasteiger partial charge in [0.25, 0.3) is 0 Å². The Hall–Kier alpha value is -0.980. The first-order valence-electron chi connectivity index (χ1n) is 5.02. The third kappa shape index (κ3) is 2.71. The number of rotatable bonds is 3. The van der Waals surface area contributed by atoms with E-state index in [1.807, 2.05) is 0 Å². The molecule has 0 atom stereocenters. The van der Waals surface area contributed by atoms with Gasteiger partial charge in [-0.2, -0.15) is 0 Å². The number of pyridine rings is 1. The van der Waals surface area contributed by atoms with Crippen LogP contribution in [0.25, 0.3) is 5.65 Å². The highest BCUT2D eigenvalue weighted by Crippen LogP contribution is 2.25. The Kier molecular flexibility index (Phi) is 3.99. The van der Waals surface area contributed by atoms with Crippen molar-refractivity contribution < 1.29 is 4.79 Å². The van der Waals surface area contributed by atoms with Crippen molar-refractivity contribution in [2.24, 2.45) is 0 Å². The molecule has 0 aromatic carbocycles.